The van der Waals surface area contributed by atoms with Crippen LogP contribution in [0.15, 0.2) is 87.4 Å². The third-order valence-electron chi connectivity index (χ3n) is 6.02. The van der Waals surface area contributed by atoms with Crippen molar-refractivity contribution in [2.24, 2.45) is 4.99 Å². The molecule has 1 aliphatic heterocycles. The molecule has 0 atom stereocenters. The Kier molecular flexibility index (Phi) is 5.65. The number of aryl methyl sites for hydroxylation is 1. The van der Waals surface area contributed by atoms with Crippen LogP contribution in [0.4, 0.5) is 5.69 Å². The third kappa shape index (κ3) is 3.92. The van der Waals surface area contributed by atoms with Gasteiger partial charge in [0.1, 0.15) is 5.56 Å². The van der Waals surface area contributed by atoms with Crippen LogP contribution in [0, 0.1) is 6.92 Å². The van der Waals surface area contributed by atoms with Gasteiger partial charge in [-0.15, -0.1) is 0 Å². The van der Waals surface area contributed by atoms with E-state index >= 15 is 0 Å². The number of H-pyrrole nitrogens is 1. The number of amides is 2. The lowest BCUT2D eigenvalue weighted by molar-refractivity contribution is 0.0642. The van der Waals surface area contributed by atoms with Gasteiger partial charge in [-0.2, -0.15) is 0 Å². The second kappa shape index (κ2) is 8.95. The van der Waals surface area contributed by atoms with Crippen molar-refractivity contribution in [1.82, 2.24) is 14.5 Å². The normalized spacial score (nSPS) is 13.0. The summed E-state index contributed by atoms with van der Waals surface area (Å²) in [6.45, 7) is 1.92. The minimum absolute atomic E-state index is 0.0618. The summed E-state index contributed by atoms with van der Waals surface area (Å²) < 4.78 is 0.978. The van der Waals surface area contributed by atoms with Crippen molar-refractivity contribution >= 4 is 23.7 Å². The number of rotatable bonds is 5. The average Bonchev–Trinajstić information content (AvgIpc) is 3.11. The first-order chi connectivity index (χ1) is 17.3. The maximum Gasteiger partial charge on any atom is 0.335 e. The maximum absolute atomic E-state index is 12.8. The van der Waals surface area contributed by atoms with Crippen LogP contribution in [-0.4, -0.2) is 37.6 Å². The Morgan fingerprint density at radius 2 is 1.53 bits per heavy atom. The van der Waals surface area contributed by atoms with E-state index in [-0.39, 0.29) is 23.9 Å². The van der Waals surface area contributed by atoms with Crippen LogP contribution in [0.3, 0.4) is 0 Å². The van der Waals surface area contributed by atoms with Crippen molar-refractivity contribution < 1.29 is 14.7 Å². The van der Waals surface area contributed by atoms with Crippen LogP contribution < -0.4 is 11.2 Å². The number of aromatic hydroxyl groups is 1. The van der Waals surface area contributed by atoms with E-state index in [9.17, 15) is 24.3 Å². The minimum Gasteiger partial charge on any atom is -0.493 e. The fourth-order valence-corrected chi connectivity index (χ4v) is 4.07. The van der Waals surface area contributed by atoms with Crippen molar-refractivity contribution in [2.75, 3.05) is 0 Å². The molecule has 2 N–H and O–H groups in total. The first kappa shape index (κ1) is 22.7. The smallest absolute Gasteiger partial charge is 0.335 e. The summed E-state index contributed by atoms with van der Waals surface area (Å²) in [6.07, 6.45) is 1.17. The molecule has 0 saturated carbocycles. The van der Waals surface area contributed by atoms with Crippen molar-refractivity contribution in [2.45, 2.75) is 13.5 Å². The van der Waals surface area contributed by atoms with Gasteiger partial charge < -0.3 is 5.11 Å². The van der Waals surface area contributed by atoms with Gasteiger partial charge in [-0.25, -0.2) is 9.36 Å². The number of benzene rings is 3. The van der Waals surface area contributed by atoms with Gasteiger partial charge in [0.2, 0.25) is 5.88 Å². The number of aromatic amines is 1. The lowest BCUT2D eigenvalue weighted by atomic mass is 10.1. The van der Waals surface area contributed by atoms with Gasteiger partial charge in [0.15, 0.2) is 0 Å². The molecule has 1 aliphatic rings. The molecule has 0 bridgehead atoms. The van der Waals surface area contributed by atoms with Gasteiger partial charge >= 0.3 is 5.69 Å². The summed E-state index contributed by atoms with van der Waals surface area (Å²) in [4.78, 5) is 57.9. The highest BCUT2D eigenvalue weighted by Crippen LogP contribution is 2.27. The van der Waals surface area contributed by atoms with Gasteiger partial charge in [-0.3, -0.25) is 29.3 Å². The zero-order valence-electron chi connectivity index (χ0n) is 19.1. The topological polar surface area (TPSA) is 125 Å². The number of carbonyl (C=O) groups is 2. The molecule has 9 nitrogen and oxygen atoms in total. The second-order valence-electron chi connectivity index (χ2n) is 8.28. The monoisotopic (exact) mass is 480 g/mol. The summed E-state index contributed by atoms with van der Waals surface area (Å²) in [5.41, 5.74) is 1.35. The Hall–Kier alpha value is -5.05. The van der Waals surface area contributed by atoms with Crippen molar-refractivity contribution in [3.63, 3.8) is 0 Å². The van der Waals surface area contributed by atoms with Crippen LogP contribution in [0.25, 0.3) is 5.69 Å². The molecule has 0 fully saturated rings. The first-order valence-electron chi connectivity index (χ1n) is 11.1. The SMILES string of the molecule is Cc1ccc(N=Cc2c(O)n(-c3ccccc3)c(=O)[nH]c2=O)cc1CN1C(=O)c2ccccc2C1=O. The van der Waals surface area contributed by atoms with Crippen molar-refractivity contribution in [3.05, 3.63) is 121 Å². The molecule has 0 aliphatic carbocycles. The molecule has 3 aromatic carbocycles. The van der Waals surface area contributed by atoms with Crippen LogP contribution in [0.1, 0.15) is 37.4 Å². The number of nitrogens with one attached hydrogen (secondary N) is 1. The van der Waals surface area contributed by atoms with E-state index in [4.69, 9.17) is 0 Å². The van der Waals surface area contributed by atoms with Gasteiger partial charge in [0, 0.05) is 6.21 Å². The Morgan fingerprint density at radius 3 is 2.19 bits per heavy atom. The fourth-order valence-electron chi connectivity index (χ4n) is 4.07. The number of hydrogen-bond donors (Lipinski definition) is 2. The van der Waals surface area contributed by atoms with Crippen LogP contribution >= 0.6 is 0 Å². The molecule has 2 heterocycles. The van der Waals surface area contributed by atoms with Gasteiger partial charge in [0.05, 0.1) is 29.0 Å². The summed E-state index contributed by atoms with van der Waals surface area (Å²) in [5, 5.41) is 10.7. The molecule has 5 rings (SSSR count). The highest BCUT2D eigenvalue weighted by molar-refractivity contribution is 6.21. The number of carbonyl (C=O) groups excluding carboxylic acids is 2. The number of imide groups is 1. The zero-order chi connectivity index (χ0) is 25.4. The van der Waals surface area contributed by atoms with Gasteiger partial charge in [-0.1, -0.05) is 36.4 Å². The van der Waals surface area contributed by atoms with E-state index in [2.05, 4.69) is 9.98 Å². The third-order valence-corrected chi connectivity index (χ3v) is 6.02. The quantitative estimate of drug-likeness (QED) is 0.336. The molecule has 2 amide bonds. The molecular weight excluding hydrogens is 460 g/mol. The molecule has 0 saturated heterocycles. The van der Waals surface area contributed by atoms with Gasteiger partial charge in [0.25, 0.3) is 17.4 Å². The van der Waals surface area contributed by atoms with E-state index in [1.54, 1.807) is 72.8 Å². The number of nitrogens with zero attached hydrogens (tertiary/aromatic N) is 3. The van der Waals surface area contributed by atoms with E-state index in [0.717, 1.165) is 10.1 Å². The Bertz CT molecular complexity index is 1630. The summed E-state index contributed by atoms with van der Waals surface area (Å²) in [6, 6.07) is 20.3. The average molecular weight is 480 g/mol. The summed E-state index contributed by atoms with van der Waals surface area (Å²) in [7, 11) is 0. The molecule has 36 heavy (non-hydrogen) atoms. The number of para-hydroxylation sites is 1. The van der Waals surface area contributed by atoms with E-state index < -0.39 is 17.1 Å². The number of fused-ring (bicyclic) bond motifs is 1. The minimum atomic E-state index is -0.785. The largest absolute Gasteiger partial charge is 0.493 e. The maximum atomic E-state index is 12.8. The molecule has 4 aromatic rings. The van der Waals surface area contributed by atoms with E-state index in [0.29, 0.717) is 28.1 Å². The Labute approximate surface area is 204 Å². The molecule has 0 radical (unpaired) electrons. The second-order valence-corrected chi connectivity index (χ2v) is 8.28. The van der Waals surface area contributed by atoms with E-state index in [1.807, 2.05) is 6.92 Å². The molecule has 1 aromatic heterocycles. The van der Waals surface area contributed by atoms with Crippen molar-refractivity contribution in [3.8, 4) is 11.6 Å². The lowest BCUT2D eigenvalue weighted by Crippen LogP contribution is -2.31. The predicted octanol–water partition coefficient (Wildman–Crippen LogP) is 3.09. The lowest BCUT2D eigenvalue weighted by Gasteiger charge is -2.16. The number of hydrogen-bond acceptors (Lipinski definition) is 6. The van der Waals surface area contributed by atoms with Gasteiger partial charge in [-0.05, 0) is 54.4 Å². The number of aromatic nitrogens is 2. The Balaban J connectivity index is 1.46. The molecule has 9 heteroatoms. The molecule has 0 unspecified atom stereocenters. The van der Waals surface area contributed by atoms with E-state index in [1.165, 1.54) is 11.1 Å². The first-order valence-corrected chi connectivity index (χ1v) is 11.1. The van der Waals surface area contributed by atoms with Crippen molar-refractivity contribution in [1.29, 1.82) is 0 Å². The predicted molar refractivity (Wildman–Crippen MR) is 133 cm³/mol. The molecule has 0 spiro atoms. The Morgan fingerprint density at radius 1 is 0.889 bits per heavy atom. The summed E-state index contributed by atoms with van der Waals surface area (Å²) in [5.74, 6) is -1.26. The standard InChI is InChI=1S/C27H20N4O5/c1-16-11-12-18(13-17(16)15-30-24(33)20-9-5-6-10-21(20)25(30)34)28-14-22-23(32)29-27(36)31(26(22)35)19-7-3-2-4-8-19/h2-14,35H,15H2,1H3,(H,29,32,36). The number of aliphatic imine (C=N–C) groups is 1. The zero-order valence-corrected chi connectivity index (χ0v) is 19.1. The van der Waals surface area contributed by atoms with Crippen LogP contribution in [0.2, 0.25) is 0 Å². The molecule has 178 valence electrons. The van der Waals surface area contributed by atoms with Crippen LogP contribution in [-0.2, 0) is 6.54 Å². The highest BCUT2D eigenvalue weighted by atomic mass is 16.3. The highest BCUT2D eigenvalue weighted by Gasteiger charge is 2.35. The molecular formula is C27H20N4O5. The van der Waals surface area contributed by atoms with Crippen LogP contribution in [0.5, 0.6) is 5.88 Å². The summed E-state index contributed by atoms with van der Waals surface area (Å²) >= 11 is 0. The fraction of sp³-hybridized carbons (Fsp3) is 0.0741.